The number of anilines is 1. The van der Waals surface area contributed by atoms with Crippen LogP contribution < -0.4 is 16.4 Å². The number of benzene rings is 1. The van der Waals surface area contributed by atoms with Crippen molar-refractivity contribution in [1.82, 2.24) is 10.2 Å². The lowest BCUT2D eigenvalue weighted by molar-refractivity contribution is -0.139. The van der Waals surface area contributed by atoms with Gasteiger partial charge in [-0.3, -0.25) is 14.4 Å². The molecule has 186 valence electrons. The van der Waals surface area contributed by atoms with Crippen LogP contribution in [-0.2, 0) is 24.5 Å². The molecule has 2 aliphatic rings. The second kappa shape index (κ2) is 8.72. The van der Waals surface area contributed by atoms with Gasteiger partial charge in [0.05, 0.1) is 5.41 Å². The highest BCUT2D eigenvalue weighted by molar-refractivity contribution is 6.31. The Bertz CT molecular complexity index is 1040. The van der Waals surface area contributed by atoms with E-state index in [2.05, 4.69) is 10.6 Å². The number of hydrogen-bond donors (Lipinski definition) is 3. The Morgan fingerprint density at radius 3 is 2.53 bits per heavy atom. The van der Waals surface area contributed by atoms with Crippen LogP contribution in [0.15, 0.2) is 18.2 Å². The molecule has 11 heteroatoms. The fourth-order valence-electron chi connectivity index (χ4n) is 4.47. The number of alkyl carbamates (subject to hydrolysis) is 1. The summed E-state index contributed by atoms with van der Waals surface area (Å²) in [4.78, 5) is 52.5. The van der Waals surface area contributed by atoms with Crippen LogP contribution in [0.3, 0.4) is 0 Å². The molecule has 34 heavy (non-hydrogen) atoms. The van der Waals surface area contributed by atoms with E-state index >= 15 is 0 Å². The van der Waals surface area contributed by atoms with Gasteiger partial charge in [0.2, 0.25) is 17.7 Å². The maximum atomic E-state index is 14.6. The van der Waals surface area contributed by atoms with Crippen molar-refractivity contribution in [2.75, 3.05) is 11.9 Å². The fourth-order valence-corrected chi connectivity index (χ4v) is 4.64. The van der Waals surface area contributed by atoms with Crippen molar-refractivity contribution in [3.8, 4) is 0 Å². The summed E-state index contributed by atoms with van der Waals surface area (Å²) in [5.74, 6) is -1.95. The Morgan fingerprint density at radius 1 is 1.32 bits per heavy atom. The third kappa shape index (κ3) is 5.27. The average molecular weight is 497 g/mol. The number of halogens is 2. The predicted octanol–water partition coefficient (Wildman–Crippen LogP) is 2.65. The summed E-state index contributed by atoms with van der Waals surface area (Å²) in [6, 6.07) is 2.38. The molecule has 1 fully saturated rings. The molecule has 0 unspecified atom stereocenters. The number of primary amides is 1. The van der Waals surface area contributed by atoms with E-state index in [9.17, 15) is 23.6 Å². The average Bonchev–Trinajstić information content (AvgIpc) is 3.18. The summed E-state index contributed by atoms with van der Waals surface area (Å²) in [5.41, 5.74) is 2.75. The molecule has 0 aromatic heterocycles. The van der Waals surface area contributed by atoms with Crippen LogP contribution in [0.25, 0.3) is 0 Å². The zero-order chi connectivity index (χ0) is 25.6. The molecule has 3 atom stereocenters. The number of ether oxygens (including phenoxy) is 1. The summed E-state index contributed by atoms with van der Waals surface area (Å²) >= 11 is 6.15. The Hall–Kier alpha value is -2.88. The van der Waals surface area contributed by atoms with E-state index in [1.54, 1.807) is 39.0 Å². The Labute approximate surface area is 202 Å². The first-order chi connectivity index (χ1) is 15.5. The van der Waals surface area contributed by atoms with Crippen molar-refractivity contribution in [3.05, 3.63) is 28.8 Å². The van der Waals surface area contributed by atoms with Gasteiger partial charge in [0, 0.05) is 23.7 Å². The molecular weight excluding hydrogens is 467 g/mol. The lowest BCUT2D eigenvalue weighted by Crippen LogP contribution is -2.55. The fraction of sp³-hybridized carbons (Fsp3) is 0.565. The van der Waals surface area contributed by atoms with E-state index in [1.165, 1.54) is 13.8 Å². The predicted molar refractivity (Wildman–Crippen MR) is 124 cm³/mol. The molecule has 0 saturated carbocycles. The van der Waals surface area contributed by atoms with Crippen LogP contribution >= 0.6 is 11.6 Å². The van der Waals surface area contributed by atoms with E-state index in [0.29, 0.717) is 16.3 Å². The lowest BCUT2D eigenvalue weighted by Gasteiger charge is -2.31. The largest absolute Gasteiger partial charge is 0.444 e. The van der Waals surface area contributed by atoms with Crippen LogP contribution in [0, 0.1) is 0 Å². The van der Waals surface area contributed by atoms with Gasteiger partial charge in [-0.25, -0.2) is 9.18 Å². The van der Waals surface area contributed by atoms with Gasteiger partial charge >= 0.3 is 6.09 Å². The molecule has 2 heterocycles. The summed E-state index contributed by atoms with van der Waals surface area (Å²) in [5, 5.41) is 5.57. The van der Waals surface area contributed by atoms with Crippen LogP contribution in [0.2, 0.25) is 5.02 Å². The molecule has 0 bridgehead atoms. The van der Waals surface area contributed by atoms with Crippen LogP contribution in [0.4, 0.5) is 14.9 Å². The summed E-state index contributed by atoms with van der Waals surface area (Å²) < 4.78 is 19.8. The lowest BCUT2D eigenvalue weighted by atomic mass is 9.79. The Morgan fingerprint density at radius 2 is 1.97 bits per heavy atom. The molecule has 1 aromatic carbocycles. The third-order valence-corrected chi connectivity index (χ3v) is 6.06. The van der Waals surface area contributed by atoms with Crippen LogP contribution in [-0.4, -0.2) is 58.6 Å². The molecule has 1 saturated heterocycles. The zero-order valence-electron chi connectivity index (χ0n) is 19.8. The van der Waals surface area contributed by atoms with Crippen molar-refractivity contribution >= 4 is 41.1 Å². The SMILES string of the molecule is CC(C)(F)C[C@H](NC(=O)OC(C)(C)C)C(=O)N1C[C@]2(C[C@H]1C(N)=O)C(=O)Nc1ccc(Cl)cc12. The van der Waals surface area contributed by atoms with Gasteiger partial charge < -0.3 is 26.0 Å². The number of fused-ring (bicyclic) bond motifs is 2. The summed E-state index contributed by atoms with van der Waals surface area (Å²) in [7, 11) is 0. The van der Waals surface area contributed by atoms with E-state index in [0.717, 1.165) is 4.90 Å². The van der Waals surface area contributed by atoms with Gasteiger partial charge in [0.15, 0.2) is 0 Å². The number of carbonyl (C=O) groups excluding carboxylic acids is 4. The van der Waals surface area contributed by atoms with Gasteiger partial charge in [-0.1, -0.05) is 11.6 Å². The Balaban J connectivity index is 1.96. The van der Waals surface area contributed by atoms with Gasteiger partial charge in [0.25, 0.3) is 0 Å². The highest BCUT2D eigenvalue weighted by Gasteiger charge is 2.58. The normalized spacial score (nSPS) is 22.9. The number of alkyl halides is 1. The molecule has 3 rings (SSSR count). The molecule has 9 nitrogen and oxygen atoms in total. The first-order valence-corrected chi connectivity index (χ1v) is 11.3. The second-order valence-corrected chi connectivity index (χ2v) is 10.9. The van der Waals surface area contributed by atoms with Gasteiger partial charge in [-0.2, -0.15) is 0 Å². The first kappa shape index (κ1) is 25.7. The molecule has 0 radical (unpaired) electrons. The second-order valence-electron chi connectivity index (χ2n) is 10.4. The number of amides is 4. The number of nitrogens with zero attached hydrogens (tertiary/aromatic N) is 1. The monoisotopic (exact) mass is 496 g/mol. The maximum absolute atomic E-state index is 14.6. The van der Waals surface area contributed by atoms with E-state index < -0.39 is 52.6 Å². The molecule has 1 spiro atoms. The zero-order valence-corrected chi connectivity index (χ0v) is 20.6. The highest BCUT2D eigenvalue weighted by atomic mass is 35.5. The summed E-state index contributed by atoms with van der Waals surface area (Å²) in [6.45, 7) is 7.30. The van der Waals surface area contributed by atoms with Gasteiger partial charge in [0.1, 0.15) is 23.4 Å². The first-order valence-electron chi connectivity index (χ1n) is 10.9. The topological polar surface area (TPSA) is 131 Å². The van der Waals surface area contributed by atoms with Gasteiger partial charge in [-0.15, -0.1) is 0 Å². The number of hydrogen-bond acceptors (Lipinski definition) is 5. The van der Waals surface area contributed by atoms with Crippen molar-refractivity contribution in [2.45, 2.75) is 76.2 Å². The number of nitrogens with two attached hydrogens (primary N) is 1. The summed E-state index contributed by atoms with van der Waals surface area (Å²) in [6.07, 6.45) is -1.35. The smallest absolute Gasteiger partial charge is 0.408 e. The minimum atomic E-state index is -1.83. The molecule has 0 aliphatic carbocycles. The molecular formula is C23H30ClFN4O5. The Kier molecular flexibility index (Phi) is 6.60. The van der Waals surface area contributed by atoms with Crippen molar-refractivity contribution in [1.29, 1.82) is 0 Å². The number of rotatable bonds is 5. The quantitative estimate of drug-likeness (QED) is 0.576. The highest BCUT2D eigenvalue weighted by Crippen LogP contribution is 2.47. The molecule has 4 amide bonds. The van der Waals surface area contributed by atoms with E-state index in [1.807, 2.05) is 0 Å². The minimum absolute atomic E-state index is 0.0641. The third-order valence-electron chi connectivity index (χ3n) is 5.83. The molecule has 1 aromatic rings. The van der Waals surface area contributed by atoms with Crippen LogP contribution in [0.1, 0.15) is 53.0 Å². The minimum Gasteiger partial charge on any atom is -0.444 e. The van der Waals surface area contributed by atoms with E-state index in [4.69, 9.17) is 22.1 Å². The van der Waals surface area contributed by atoms with Crippen molar-refractivity contribution in [2.24, 2.45) is 5.73 Å². The number of nitrogens with one attached hydrogen (secondary N) is 2. The molecule has 2 aliphatic heterocycles. The number of carbonyl (C=O) groups is 4. The standard InChI is InChI=1S/C23H30ClFN4O5/c1-21(2,3)34-20(33)28-15(9-22(4,5)25)18(31)29-11-23(10-16(29)17(26)30)13-8-12(24)6-7-14(13)27-19(23)32/h6-8,15-16H,9-11H2,1-5H3,(H2,26,30)(H,27,32)(H,28,33)/t15-,16-,23-/m0/s1. The van der Waals surface area contributed by atoms with E-state index in [-0.39, 0.29) is 19.4 Å². The van der Waals surface area contributed by atoms with Crippen molar-refractivity contribution in [3.63, 3.8) is 0 Å². The van der Waals surface area contributed by atoms with Crippen molar-refractivity contribution < 1.29 is 28.3 Å². The number of likely N-dealkylation sites (tertiary alicyclic amines) is 1. The maximum Gasteiger partial charge on any atom is 0.408 e. The molecule has 4 N–H and O–H groups in total. The van der Waals surface area contributed by atoms with Crippen LogP contribution in [0.5, 0.6) is 0 Å². The van der Waals surface area contributed by atoms with Gasteiger partial charge in [-0.05, 0) is 64.8 Å².